The zero-order valence-corrected chi connectivity index (χ0v) is 20.3. The predicted molar refractivity (Wildman–Crippen MR) is 130 cm³/mol. The molecule has 178 valence electrons. The molecule has 3 aromatic rings. The van der Waals surface area contributed by atoms with E-state index in [-0.39, 0.29) is 18.2 Å². The number of benzene rings is 2. The van der Waals surface area contributed by atoms with Crippen molar-refractivity contribution < 1.29 is 23.8 Å². The average Bonchev–Trinajstić information content (AvgIpc) is 3.36. The number of amides is 2. The van der Waals surface area contributed by atoms with Gasteiger partial charge in [-0.05, 0) is 36.4 Å². The molecule has 0 atom stereocenters. The summed E-state index contributed by atoms with van der Waals surface area (Å²) in [6, 6.07) is 12.8. The SMILES string of the molecule is COc1cccc(C(=O)N2CCN(C(=O)Cc3csc(-c4ccc(OC)c(OC)c4)n3)CC2)c1. The van der Waals surface area contributed by atoms with Crippen molar-refractivity contribution in [1.82, 2.24) is 14.8 Å². The zero-order valence-electron chi connectivity index (χ0n) is 19.4. The van der Waals surface area contributed by atoms with Gasteiger partial charge in [0.1, 0.15) is 10.8 Å². The van der Waals surface area contributed by atoms with Crippen LogP contribution in [0.1, 0.15) is 16.1 Å². The molecule has 0 spiro atoms. The molecule has 0 radical (unpaired) electrons. The Bertz CT molecular complexity index is 1170. The van der Waals surface area contributed by atoms with Crippen LogP contribution in [0.3, 0.4) is 0 Å². The highest BCUT2D eigenvalue weighted by atomic mass is 32.1. The van der Waals surface area contributed by atoms with Crippen LogP contribution in [0.25, 0.3) is 10.6 Å². The Morgan fingerprint density at radius 1 is 0.912 bits per heavy atom. The van der Waals surface area contributed by atoms with Gasteiger partial charge in [-0.3, -0.25) is 9.59 Å². The Hall–Kier alpha value is -3.59. The summed E-state index contributed by atoms with van der Waals surface area (Å²) < 4.78 is 15.9. The third kappa shape index (κ3) is 5.14. The first-order valence-corrected chi connectivity index (χ1v) is 11.8. The van der Waals surface area contributed by atoms with Gasteiger partial charge in [-0.25, -0.2) is 4.98 Å². The topological polar surface area (TPSA) is 81.2 Å². The van der Waals surface area contributed by atoms with Gasteiger partial charge in [0.25, 0.3) is 5.91 Å². The predicted octanol–water partition coefficient (Wildman–Crippen LogP) is 3.36. The third-order valence-electron chi connectivity index (χ3n) is 5.75. The largest absolute Gasteiger partial charge is 0.497 e. The summed E-state index contributed by atoms with van der Waals surface area (Å²) in [5.74, 6) is 1.90. The van der Waals surface area contributed by atoms with E-state index < -0.39 is 0 Å². The summed E-state index contributed by atoms with van der Waals surface area (Å²) in [5.41, 5.74) is 2.23. The molecule has 0 N–H and O–H groups in total. The molecule has 1 saturated heterocycles. The maximum absolute atomic E-state index is 12.9. The van der Waals surface area contributed by atoms with Crippen LogP contribution in [-0.4, -0.2) is 74.1 Å². The average molecular weight is 482 g/mol. The van der Waals surface area contributed by atoms with Crippen LogP contribution in [0.15, 0.2) is 47.8 Å². The van der Waals surface area contributed by atoms with E-state index >= 15 is 0 Å². The molecule has 1 aliphatic rings. The van der Waals surface area contributed by atoms with Crippen molar-refractivity contribution in [2.75, 3.05) is 47.5 Å². The van der Waals surface area contributed by atoms with Crippen molar-refractivity contribution in [1.29, 1.82) is 0 Å². The number of hydrogen-bond donors (Lipinski definition) is 0. The van der Waals surface area contributed by atoms with E-state index in [9.17, 15) is 9.59 Å². The van der Waals surface area contributed by atoms with Gasteiger partial charge in [-0.15, -0.1) is 11.3 Å². The molecule has 2 aromatic carbocycles. The normalized spacial score (nSPS) is 13.5. The molecular weight excluding hydrogens is 454 g/mol. The van der Waals surface area contributed by atoms with Gasteiger partial charge in [-0.2, -0.15) is 0 Å². The summed E-state index contributed by atoms with van der Waals surface area (Å²) >= 11 is 1.49. The van der Waals surface area contributed by atoms with Gasteiger partial charge in [-0.1, -0.05) is 6.07 Å². The van der Waals surface area contributed by atoms with Crippen LogP contribution < -0.4 is 14.2 Å². The number of piperazine rings is 1. The number of aromatic nitrogens is 1. The number of carbonyl (C=O) groups is 2. The number of methoxy groups -OCH3 is 3. The lowest BCUT2D eigenvalue weighted by atomic mass is 10.1. The van der Waals surface area contributed by atoms with E-state index in [4.69, 9.17) is 14.2 Å². The molecule has 9 heteroatoms. The second-order valence-corrected chi connectivity index (χ2v) is 8.65. The van der Waals surface area contributed by atoms with Crippen LogP contribution in [0.2, 0.25) is 0 Å². The summed E-state index contributed by atoms with van der Waals surface area (Å²) in [5, 5.41) is 2.73. The molecule has 0 unspecified atom stereocenters. The Morgan fingerprint density at radius 2 is 1.65 bits per heavy atom. The molecule has 34 heavy (non-hydrogen) atoms. The first-order chi connectivity index (χ1) is 16.5. The van der Waals surface area contributed by atoms with Crippen molar-refractivity contribution in [3.8, 4) is 27.8 Å². The summed E-state index contributed by atoms with van der Waals surface area (Å²) in [6.45, 7) is 1.99. The minimum Gasteiger partial charge on any atom is -0.497 e. The van der Waals surface area contributed by atoms with E-state index in [1.165, 1.54) is 11.3 Å². The second-order valence-electron chi connectivity index (χ2n) is 7.80. The van der Waals surface area contributed by atoms with Crippen molar-refractivity contribution in [3.05, 3.63) is 59.1 Å². The molecule has 4 rings (SSSR count). The maximum Gasteiger partial charge on any atom is 0.254 e. The van der Waals surface area contributed by atoms with Gasteiger partial charge < -0.3 is 24.0 Å². The fourth-order valence-electron chi connectivity index (χ4n) is 3.85. The molecule has 1 aromatic heterocycles. The highest BCUT2D eigenvalue weighted by Gasteiger charge is 2.25. The van der Waals surface area contributed by atoms with Crippen LogP contribution in [-0.2, 0) is 11.2 Å². The monoisotopic (exact) mass is 481 g/mol. The fraction of sp³-hybridized carbons (Fsp3) is 0.320. The van der Waals surface area contributed by atoms with Crippen LogP contribution in [0, 0.1) is 0 Å². The maximum atomic E-state index is 12.9. The quantitative estimate of drug-likeness (QED) is 0.515. The van der Waals surface area contributed by atoms with E-state index in [0.717, 1.165) is 16.3 Å². The van der Waals surface area contributed by atoms with Gasteiger partial charge in [0, 0.05) is 42.7 Å². The first kappa shape index (κ1) is 23.6. The van der Waals surface area contributed by atoms with Gasteiger partial charge in [0.2, 0.25) is 5.91 Å². The number of rotatable bonds is 7. The molecule has 1 aliphatic heterocycles. The number of hydrogen-bond acceptors (Lipinski definition) is 7. The molecule has 1 fully saturated rings. The van der Waals surface area contributed by atoms with Gasteiger partial charge >= 0.3 is 0 Å². The Kier molecular flexibility index (Phi) is 7.32. The van der Waals surface area contributed by atoms with Crippen molar-refractivity contribution in [2.24, 2.45) is 0 Å². The minimum atomic E-state index is -0.0509. The van der Waals surface area contributed by atoms with E-state index in [2.05, 4.69) is 4.98 Å². The third-order valence-corrected chi connectivity index (χ3v) is 6.69. The Labute approximate surface area is 202 Å². The van der Waals surface area contributed by atoms with Crippen LogP contribution in [0.5, 0.6) is 17.2 Å². The molecule has 0 saturated carbocycles. The summed E-state index contributed by atoms with van der Waals surface area (Å²) in [6.07, 6.45) is 0.230. The number of thiazole rings is 1. The Balaban J connectivity index is 1.34. The van der Waals surface area contributed by atoms with Crippen molar-refractivity contribution in [3.63, 3.8) is 0 Å². The molecule has 8 nitrogen and oxygen atoms in total. The summed E-state index contributed by atoms with van der Waals surface area (Å²) in [4.78, 5) is 33.9. The lowest BCUT2D eigenvalue weighted by molar-refractivity contribution is -0.132. The molecule has 2 heterocycles. The zero-order chi connectivity index (χ0) is 24.1. The van der Waals surface area contributed by atoms with Crippen molar-refractivity contribution in [2.45, 2.75) is 6.42 Å². The lowest BCUT2D eigenvalue weighted by Crippen LogP contribution is -2.51. The highest BCUT2D eigenvalue weighted by Crippen LogP contribution is 2.33. The first-order valence-electron chi connectivity index (χ1n) is 10.9. The van der Waals surface area contributed by atoms with Crippen LogP contribution in [0.4, 0.5) is 0 Å². The number of nitrogens with zero attached hydrogens (tertiary/aromatic N) is 3. The molecule has 0 bridgehead atoms. The van der Waals surface area contributed by atoms with E-state index in [0.29, 0.717) is 49.0 Å². The van der Waals surface area contributed by atoms with Gasteiger partial charge in [0.05, 0.1) is 33.4 Å². The molecular formula is C25H27N3O5S. The van der Waals surface area contributed by atoms with Crippen molar-refractivity contribution >= 4 is 23.2 Å². The fourth-order valence-corrected chi connectivity index (χ4v) is 4.67. The number of carbonyl (C=O) groups excluding carboxylic acids is 2. The Morgan fingerprint density at radius 3 is 2.35 bits per heavy atom. The molecule has 0 aliphatic carbocycles. The standard InChI is InChI=1S/C25H27N3O5S/c1-31-20-6-4-5-18(13-20)25(30)28-11-9-27(10-12-28)23(29)15-19-16-34-24(26-19)17-7-8-21(32-2)22(14-17)33-3/h4-8,13-14,16H,9-12,15H2,1-3H3. The lowest BCUT2D eigenvalue weighted by Gasteiger charge is -2.34. The smallest absolute Gasteiger partial charge is 0.254 e. The number of ether oxygens (including phenoxy) is 3. The van der Waals surface area contributed by atoms with E-state index in [1.807, 2.05) is 29.6 Å². The van der Waals surface area contributed by atoms with E-state index in [1.54, 1.807) is 49.3 Å². The van der Waals surface area contributed by atoms with Gasteiger partial charge in [0.15, 0.2) is 11.5 Å². The second kappa shape index (κ2) is 10.6. The minimum absolute atomic E-state index is 0.0117. The highest BCUT2D eigenvalue weighted by molar-refractivity contribution is 7.13. The molecule has 2 amide bonds. The van der Waals surface area contributed by atoms with Crippen LogP contribution >= 0.6 is 11.3 Å². The summed E-state index contributed by atoms with van der Waals surface area (Å²) in [7, 11) is 4.77.